The second kappa shape index (κ2) is 8.42. The molecule has 0 fully saturated rings. The van der Waals surface area contributed by atoms with Gasteiger partial charge in [-0.05, 0) is 30.7 Å². The maximum Gasteiger partial charge on any atom is 0.252 e. The van der Waals surface area contributed by atoms with Crippen molar-refractivity contribution in [3.05, 3.63) is 77.9 Å². The lowest BCUT2D eigenvalue weighted by Crippen LogP contribution is -2.41. The van der Waals surface area contributed by atoms with E-state index in [0.29, 0.717) is 10.7 Å². The number of nitrogens with one attached hydrogen (secondary N) is 2. The molecule has 0 aliphatic rings. The summed E-state index contributed by atoms with van der Waals surface area (Å²) in [4.78, 5) is 25.3. The highest BCUT2D eigenvalue weighted by Crippen LogP contribution is 2.26. The lowest BCUT2D eigenvalue weighted by molar-refractivity contribution is -0.117. The van der Waals surface area contributed by atoms with Gasteiger partial charge in [-0.15, -0.1) is 10.2 Å². The van der Waals surface area contributed by atoms with E-state index in [-0.39, 0.29) is 11.8 Å². The van der Waals surface area contributed by atoms with Crippen LogP contribution in [0.3, 0.4) is 0 Å². The molecule has 1 aromatic heterocycles. The Morgan fingerprint density at radius 3 is 2.47 bits per heavy atom. The molecule has 4 rings (SSSR count). The molecule has 6 nitrogen and oxygen atoms in total. The fourth-order valence-electron chi connectivity index (χ4n) is 3.06. The first kappa shape index (κ1) is 19.7. The van der Waals surface area contributed by atoms with Crippen LogP contribution < -0.4 is 10.6 Å². The Morgan fingerprint density at radius 2 is 1.67 bits per heavy atom. The molecule has 2 N–H and O–H groups in total. The average molecular weight is 417 g/mol. The van der Waals surface area contributed by atoms with Crippen molar-refractivity contribution in [3.63, 3.8) is 0 Å². The topological polar surface area (TPSA) is 84.0 Å². The van der Waals surface area contributed by atoms with Crippen LogP contribution in [0.25, 0.3) is 21.3 Å². The Kier molecular flexibility index (Phi) is 5.54. The minimum absolute atomic E-state index is 0.299. The third-order valence-electron chi connectivity index (χ3n) is 4.73. The maximum absolute atomic E-state index is 12.7. The molecule has 0 saturated heterocycles. The van der Waals surface area contributed by atoms with Gasteiger partial charge in [-0.3, -0.25) is 14.9 Å². The highest BCUT2D eigenvalue weighted by atomic mass is 32.1. The smallest absolute Gasteiger partial charge is 0.252 e. The van der Waals surface area contributed by atoms with Crippen molar-refractivity contribution in [2.75, 3.05) is 5.32 Å². The van der Waals surface area contributed by atoms with Crippen molar-refractivity contribution in [2.24, 2.45) is 0 Å². The normalized spacial score (nSPS) is 11.8. The van der Waals surface area contributed by atoms with E-state index >= 15 is 0 Å². The van der Waals surface area contributed by atoms with Crippen molar-refractivity contribution in [1.82, 2.24) is 15.5 Å². The van der Waals surface area contributed by atoms with E-state index in [0.717, 1.165) is 26.9 Å². The van der Waals surface area contributed by atoms with Gasteiger partial charge in [-0.2, -0.15) is 0 Å². The van der Waals surface area contributed by atoms with Gasteiger partial charge in [0.25, 0.3) is 5.91 Å². The van der Waals surface area contributed by atoms with E-state index in [2.05, 4.69) is 20.8 Å². The highest BCUT2D eigenvalue weighted by Gasteiger charge is 2.19. The highest BCUT2D eigenvalue weighted by molar-refractivity contribution is 7.18. The van der Waals surface area contributed by atoms with E-state index in [9.17, 15) is 9.59 Å². The van der Waals surface area contributed by atoms with Crippen molar-refractivity contribution >= 4 is 39.1 Å². The van der Waals surface area contributed by atoms with E-state index < -0.39 is 6.04 Å². The summed E-state index contributed by atoms with van der Waals surface area (Å²) in [6, 6.07) is 20.4. The second-order valence-electron chi connectivity index (χ2n) is 6.99. The summed E-state index contributed by atoms with van der Waals surface area (Å²) in [6.07, 6.45) is 0. The Labute approximate surface area is 178 Å². The number of hydrogen-bond acceptors (Lipinski definition) is 5. The molecular formula is C23H20N4O2S. The molecule has 0 aliphatic carbocycles. The van der Waals surface area contributed by atoms with Gasteiger partial charge in [0.2, 0.25) is 11.0 Å². The quantitative estimate of drug-likeness (QED) is 0.504. The number of anilines is 1. The molecule has 0 saturated carbocycles. The molecule has 0 spiro atoms. The van der Waals surface area contributed by atoms with Crippen LogP contribution in [0.5, 0.6) is 0 Å². The summed E-state index contributed by atoms with van der Waals surface area (Å²) in [6.45, 7) is 3.66. The molecule has 4 aromatic rings. The van der Waals surface area contributed by atoms with Gasteiger partial charge in [0.15, 0.2) is 0 Å². The minimum Gasteiger partial charge on any atom is -0.340 e. The number of benzene rings is 3. The number of aryl methyl sites for hydroxylation is 1. The predicted molar refractivity (Wildman–Crippen MR) is 120 cm³/mol. The van der Waals surface area contributed by atoms with E-state index in [1.807, 2.05) is 67.6 Å². The molecule has 3 aromatic carbocycles. The number of aromatic nitrogens is 2. The van der Waals surface area contributed by atoms with E-state index in [1.165, 1.54) is 11.3 Å². The van der Waals surface area contributed by atoms with Gasteiger partial charge in [0.1, 0.15) is 11.0 Å². The predicted octanol–water partition coefficient (Wildman–Crippen LogP) is 4.42. The minimum atomic E-state index is -0.733. The molecule has 30 heavy (non-hydrogen) atoms. The molecule has 2 amide bonds. The van der Waals surface area contributed by atoms with Crippen molar-refractivity contribution in [3.8, 4) is 10.6 Å². The molecule has 0 unspecified atom stereocenters. The van der Waals surface area contributed by atoms with Gasteiger partial charge in [0.05, 0.1) is 0 Å². The summed E-state index contributed by atoms with van der Waals surface area (Å²) < 4.78 is 0. The molecular weight excluding hydrogens is 396 g/mol. The number of rotatable bonds is 5. The second-order valence-corrected chi connectivity index (χ2v) is 7.97. The first-order valence-corrected chi connectivity index (χ1v) is 10.3. The van der Waals surface area contributed by atoms with Gasteiger partial charge >= 0.3 is 0 Å². The Hall–Kier alpha value is -3.58. The van der Waals surface area contributed by atoms with Crippen LogP contribution in [-0.4, -0.2) is 28.1 Å². The van der Waals surface area contributed by atoms with Crippen molar-refractivity contribution in [2.45, 2.75) is 19.9 Å². The first-order valence-electron chi connectivity index (χ1n) is 9.51. The summed E-state index contributed by atoms with van der Waals surface area (Å²) in [5.41, 5.74) is 2.63. The Balaban J connectivity index is 1.43. The van der Waals surface area contributed by atoms with Gasteiger partial charge in [-0.25, -0.2) is 0 Å². The summed E-state index contributed by atoms with van der Waals surface area (Å²) in [5, 5.41) is 16.6. The third kappa shape index (κ3) is 4.21. The number of fused-ring (bicyclic) bond motifs is 1. The first-order chi connectivity index (χ1) is 14.5. The van der Waals surface area contributed by atoms with Crippen molar-refractivity contribution < 1.29 is 9.59 Å². The molecule has 7 heteroatoms. The van der Waals surface area contributed by atoms with Crippen LogP contribution in [0.15, 0.2) is 66.7 Å². The number of nitrogens with zero attached hydrogens (tertiary/aromatic N) is 2. The summed E-state index contributed by atoms with van der Waals surface area (Å²) >= 11 is 1.29. The SMILES string of the molecule is Cc1ccc(-c2nnc(NC(=O)[C@@H](C)NC(=O)c3cccc4ccccc34)s2)cc1. The zero-order valence-electron chi connectivity index (χ0n) is 16.5. The molecule has 0 radical (unpaired) electrons. The average Bonchev–Trinajstić information content (AvgIpc) is 3.22. The maximum atomic E-state index is 12.7. The largest absolute Gasteiger partial charge is 0.340 e. The monoisotopic (exact) mass is 416 g/mol. The Bertz CT molecular complexity index is 1210. The standard InChI is InChI=1S/C23H20N4O2S/c1-14-10-12-17(13-11-14)22-26-27-23(30-22)25-20(28)15(2)24-21(29)19-9-5-7-16-6-3-4-8-18(16)19/h3-13,15H,1-2H3,(H,24,29)(H,25,27,28)/t15-/m1/s1. The lowest BCUT2D eigenvalue weighted by Gasteiger charge is -2.14. The molecule has 0 bridgehead atoms. The van der Waals surface area contributed by atoms with Crippen LogP contribution in [0.1, 0.15) is 22.8 Å². The Morgan fingerprint density at radius 1 is 0.933 bits per heavy atom. The molecule has 150 valence electrons. The van der Waals surface area contributed by atoms with Crippen LogP contribution in [0.4, 0.5) is 5.13 Å². The zero-order valence-corrected chi connectivity index (χ0v) is 17.4. The van der Waals surface area contributed by atoms with Crippen LogP contribution in [0.2, 0.25) is 0 Å². The summed E-state index contributed by atoms with van der Waals surface area (Å²) in [5.74, 6) is -0.651. The van der Waals surface area contributed by atoms with E-state index in [4.69, 9.17) is 0 Å². The van der Waals surface area contributed by atoms with E-state index in [1.54, 1.807) is 13.0 Å². The number of hydrogen-bond donors (Lipinski definition) is 2. The van der Waals surface area contributed by atoms with Crippen LogP contribution in [-0.2, 0) is 4.79 Å². The molecule has 1 atom stereocenters. The number of carbonyl (C=O) groups excluding carboxylic acids is 2. The van der Waals surface area contributed by atoms with Crippen molar-refractivity contribution in [1.29, 1.82) is 0 Å². The van der Waals surface area contributed by atoms with Gasteiger partial charge in [0, 0.05) is 11.1 Å². The van der Waals surface area contributed by atoms with Gasteiger partial charge < -0.3 is 5.32 Å². The van der Waals surface area contributed by atoms with Crippen LogP contribution in [0, 0.1) is 6.92 Å². The fourth-order valence-corrected chi connectivity index (χ4v) is 3.82. The third-order valence-corrected chi connectivity index (χ3v) is 5.62. The lowest BCUT2D eigenvalue weighted by atomic mass is 10.0. The zero-order chi connectivity index (χ0) is 21.1. The molecule has 0 aliphatic heterocycles. The number of amides is 2. The number of carbonyl (C=O) groups is 2. The molecule has 1 heterocycles. The fraction of sp³-hybridized carbons (Fsp3) is 0.130. The van der Waals surface area contributed by atoms with Gasteiger partial charge in [-0.1, -0.05) is 77.6 Å². The summed E-state index contributed by atoms with van der Waals surface area (Å²) in [7, 11) is 0. The van der Waals surface area contributed by atoms with Crippen LogP contribution >= 0.6 is 11.3 Å².